The van der Waals surface area contributed by atoms with Crippen molar-refractivity contribution in [3.8, 4) is 0 Å². The van der Waals surface area contributed by atoms with Crippen LogP contribution in [0.15, 0.2) is 36.4 Å². The molecule has 0 saturated heterocycles. The summed E-state index contributed by atoms with van der Waals surface area (Å²) in [5.74, 6) is -3.66. The van der Waals surface area contributed by atoms with Crippen LogP contribution in [0.25, 0.3) is 6.08 Å². The molecule has 0 bridgehead atoms. The van der Waals surface area contributed by atoms with Gasteiger partial charge in [-0.15, -0.1) is 0 Å². The minimum absolute atomic E-state index is 0.0620. The molecular weight excluding hydrogens is 581 g/mol. The molecule has 1 aliphatic rings. The molecule has 1 atom stereocenters. The Hall–Kier alpha value is -2.43. The van der Waals surface area contributed by atoms with Gasteiger partial charge in [0.15, 0.2) is 0 Å². The highest BCUT2D eigenvalue weighted by Gasteiger charge is 2.46. The van der Waals surface area contributed by atoms with Gasteiger partial charge in [0.25, 0.3) is 5.91 Å². The Bertz CT molecular complexity index is 1230. The third-order valence-electron chi connectivity index (χ3n) is 6.14. The molecule has 2 amide bonds. The van der Waals surface area contributed by atoms with Crippen LogP contribution in [-0.4, -0.2) is 36.3 Å². The van der Waals surface area contributed by atoms with Crippen LogP contribution >= 0.6 is 34.8 Å². The third-order valence-corrected chi connectivity index (χ3v) is 7.33. The molecule has 0 spiro atoms. The Kier molecular flexibility index (Phi) is 9.00. The number of nitrogens with one attached hydrogen (secondary N) is 2. The van der Waals surface area contributed by atoms with Crippen LogP contribution in [0.3, 0.4) is 0 Å². The monoisotopic (exact) mass is 600 g/mol. The predicted molar refractivity (Wildman–Crippen MR) is 134 cm³/mol. The molecular formula is C25H21Cl3F6N2O2. The van der Waals surface area contributed by atoms with E-state index in [1.807, 2.05) is 0 Å². The van der Waals surface area contributed by atoms with E-state index >= 15 is 0 Å². The number of hydrogen-bond donors (Lipinski definition) is 2. The Morgan fingerprint density at radius 1 is 1.03 bits per heavy atom. The van der Waals surface area contributed by atoms with E-state index in [9.17, 15) is 35.9 Å². The maximum atomic E-state index is 13.8. The van der Waals surface area contributed by atoms with Crippen LogP contribution < -0.4 is 10.6 Å². The second kappa shape index (κ2) is 11.4. The van der Waals surface area contributed by atoms with Gasteiger partial charge >= 0.3 is 12.4 Å². The molecule has 1 unspecified atom stereocenters. The normalized spacial score (nSPS) is 16.2. The SMILES string of the molecule is Cc1cc(/C=C/C(c2cc(Cl)c(Cl)c(Cl)c2)C(F)(F)F)ccc1C(=O)NC1(C(=O)NCC(F)(F)F)CCC1. The summed E-state index contributed by atoms with van der Waals surface area (Å²) in [6.07, 6.45) is -6.22. The zero-order valence-corrected chi connectivity index (χ0v) is 21.9. The summed E-state index contributed by atoms with van der Waals surface area (Å²) < 4.78 is 78.8. The van der Waals surface area contributed by atoms with Crippen LogP contribution in [0.2, 0.25) is 15.1 Å². The molecule has 2 aromatic carbocycles. The summed E-state index contributed by atoms with van der Waals surface area (Å²) in [5.41, 5.74) is -0.804. The minimum Gasteiger partial charge on any atom is -0.345 e. The summed E-state index contributed by atoms with van der Waals surface area (Å²) in [6.45, 7) is 0.0280. The van der Waals surface area contributed by atoms with Crippen molar-refractivity contribution < 1.29 is 35.9 Å². The lowest BCUT2D eigenvalue weighted by atomic mass is 9.75. The zero-order chi connectivity index (χ0) is 28.5. The first-order valence-electron chi connectivity index (χ1n) is 11.2. The van der Waals surface area contributed by atoms with Crippen molar-refractivity contribution in [1.82, 2.24) is 10.6 Å². The van der Waals surface area contributed by atoms with E-state index < -0.39 is 42.2 Å². The number of alkyl halides is 6. The van der Waals surface area contributed by atoms with E-state index in [0.717, 1.165) is 18.2 Å². The van der Waals surface area contributed by atoms with Gasteiger partial charge in [-0.05, 0) is 61.1 Å². The van der Waals surface area contributed by atoms with E-state index in [1.54, 1.807) is 12.2 Å². The molecule has 3 rings (SSSR count). The van der Waals surface area contributed by atoms with Crippen LogP contribution in [0.1, 0.15) is 52.2 Å². The summed E-state index contributed by atoms with van der Waals surface area (Å²) >= 11 is 17.6. The van der Waals surface area contributed by atoms with Gasteiger partial charge in [0.05, 0.1) is 21.0 Å². The second-order valence-electron chi connectivity index (χ2n) is 8.94. The fraction of sp³-hybridized carbons (Fsp3) is 0.360. The number of halogens is 9. The van der Waals surface area contributed by atoms with Gasteiger partial charge in [0, 0.05) is 5.56 Å². The van der Waals surface area contributed by atoms with Gasteiger partial charge in [0.2, 0.25) is 5.91 Å². The van der Waals surface area contributed by atoms with Crippen molar-refractivity contribution in [2.75, 3.05) is 6.54 Å². The van der Waals surface area contributed by atoms with Crippen molar-refractivity contribution in [3.05, 3.63) is 73.7 Å². The Labute approximate surface area is 229 Å². The largest absolute Gasteiger partial charge is 0.405 e. The molecule has 4 nitrogen and oxygen atoms in total. The lowest BCUT2D eigenvalue weighted by Gasteiger charge is -2.41. The van der Waals surface area contributed by atoms with Gasteiger partial charge in [0.1, 0.15) is 12.1 Å². The molecule has 0 radical (unpaired) electrons. The smallest absolute Gasteiger partial charge is 0.345 e. The number of rotatable bonds is 7. The average Bonchev–Trinajstić information content (AvgIpc) is 2.76. The number of amides is 2. The molecule has 0 heterocycles. The van der Waals surface area contributed by atoms with E-state index in [0.29, 0.717) is 17.5 Å². The maximum absolute atomic E-state index is 13.8. The van der Waals surface area contributed by atoms with E-state index in [1.165, 1.54) is 24.3 Å². The summed E-state index contributed by atoms with van der Waals surface area (Å²) in [7, 11) is 0. The second-order valence-corrected chi connectivity index (χ2v) is 10.1. The highest BCUT2D eigenvalue weighted by Crippen LogP contribution is 2.41. The first-order chi connectivity index (χ1) is 17.5. The quantitative estimate of drug-likeness (QED) is 0.253. The third kappa shape index (κ3) is 7.15. The van der Waals surface area contributed by atoms with E-state index in [2.05, 4.69) is 5.32 Å². The Morgan fingerprint density at radius 3 is 2.11 bits per heavy atom. The van der Waals surface area contributed by atoms with Crippen molar-refractivity contribution in [2.24, 2.45) is 0 Å². The highest BCUT2D eigenvalue weighted by molar-refractivity contribution is 6.48. The van der Waals surface area contributed by atoms with Gasteiger partial charge < -0.3 is 10.6 Å². The van der Waals surface area contributed by atoms with Crippen molar-refractivity contribution >= 4 is 52.7 Å². The number of allylic oxidation sites excluding steroid dienone is 1. The topological polar surface area (TPSA) is 58.2 Å². The van der Waals surface area contributed by atoms with Crippen LogP contribution in [0.4, 0.5) is 26.3 Å². The van der Waals surface area contributed by atoms with Gasteiger partial charge in [-0.2, -0.15) is 26.3 Å². The van der Waals surface area contributed by atoms with Crippen molar-refractivity contribution in [3.63, 3.8) is 0 Å². The summed E-state index contributed by atoms with van der Waals surface area (Å²) in [5, 5.41) is 4.02. The fourth-order valence-corrected chi connectivity index (χ4v) is 4.60. The Balaban J connectivity index is 1.78. The predicted octanol–water partition coefficient (Wildman–Crippen LogP) is 7.65. The molecule has 0 aromatic heterocycles. The number of carbonyl (C=O) groups excluding carboxylic acids is 2. The number of hydrogen-bond acceptors (Lipinski definition) is 2. The van der Waals surface area contributed by atoms with Gasteiger partial charge in [-0.25, -0.2) is 0 Å². The standard InChI is InChI=1S/C25H21Cl3F6N2O2/c1-13-9-14(4-6-17(25(32,33)34)15-10-18(26)20(28)19(27)11-15)3-5-16(13)21(37)36-23(7-2-8-23)22(38)35-12-24(29,30)31/h3-6,9-11,17H,2,7-8,12H2,1H3,(H,35,38)(H,36,37)/b6-4+. The highest BCUT2D eigenvalue weighted by atomic mass is 35.5. The average molecular weight is 602 g/mol. The molecule has 2 N–H and O–H groups in total. The molecule has 13 heteroatoms. The first-order valence-corrected chi connectivity index (χ1v) is 12.3. The summed E-state index contributed by atoms with van der Waals surface area (Å²) in [4.78, 5) is 25.2. The van der Waals surface area contributed by atoms with Gasteiger partial charge in [-0.1, -0.05) is 59.1 Å². The van der Waals surface area contributed by atoms with Gasteiger partial charge in [-0.3, -0.25) is 9.59 Å². The lowest BCUT2D eigenvalue weighted by molar-refractivity contribution is -0.144. The van der Waals surface area contributed by atoms with Crippen LogP contribution in [-0.2, 0) is 4.79 Å². The molecule has 1 saturated carbocycles. The van der Waals surface area contributed by atoms with Crippen LogP contribution in [0.5, 0.6) is 0 Å². The molecule has 38 heavy (non-hydrogen) atoms. The Morgan fingerprint density at radius 2 is 1.63 bits per heavy atom. The number of carbonyl (C=O) groups is 2. The first kappa shape index (κ1) is 30.1. The number of aryl methyl sites for hydroxylation is 1. The summed E-state index contributed by atoms with van der Waals surface area (Å²) in [6, 6.07) is 6.40. The lowest BCUT2D eigenvalue weighted by Crippen LogP contribution is -2.63. The minimum atomic E-state index is -4.67. The molecule has 1 aliphatic carbocycles. The van der Waals surface area contributed by atoms with Crippen LogP contribution in [0, 0.1) is 6.92 Å². The maximum Gasteiger partial charge on any atom is 0.405 e. The molecule has 2 aromatic rings. The van der Waals surface area contributed by atoms with E-state index in [-0.39, 0.29) is 39.0 Å². The van der Waals surface area contributed by atoms with E-state index in [4.69, 9.17) is 34.8 Å². The number of benzene rings is 2. The molecule has 1 fully saturated rings. The van der Waals surface area contributed by atoms with Crippen molar-refractivity contribution in [1.29, 1.82) is 0 Å². The molecule has 206 valence electrons. The zero-order valence-electron chi connectivity index (χ0n) is 19.7. The van der Waals surface area contributed by atoms with Crippen molar-refractivity contribution in [2.45, 2.75) is 50.0 Å². The molecule has 0 aliphatic heterocycles. The fourth-order valence-electron chi connectivity index (χ4n) is 3.99.